The molecule has 4 aromatic rings. The van der Waals surface area contributed by atoms with Crippen molar-refractivity contribution in [3.63, 3.8) is 0 Å². The molecule has 0 bridgehead atoms. The fourth-order valence-electron chi connectivity index (χ4n) is 3.28. The normalized spacial score (nSPS) is 10.9. The fourth-order valence-corrected chi connectivity index (χ4v) is 3.28. The van der Waals surface area contributed by atoms with E-state index in [0.717, 1.165) is 16.6 Å². The number of Topliss-reactive ketones (excluding diaryl/α,β-unsaturated/α-hetero) is 1. The average Bonchev–Trinajstić information content (AvgIpc) is 3.22. The van der Waals surface area contributed by atoms with Crippen molar-refractivity contribution in [2.45, 2.75) is 13.3 Å². The second kappa shape index (κ2) is 9.40. The quantitative estimate of drug-likeness (QED) is 0.331. The third kappa shape index (κ3) is 4.73. The highest BCUT2D eigenvalue weighted by Crippen LogP contribution is 2.25. The van der Waals surface area contributed by atoms with Gasteiger partial charge in [-0.2, -0.15) is 0 Å². The Hall–Kier alpha value is -3.71. The fraction of sp³-hybridized carbons (Fsp3) is 0.208. The maximum Gasteiger partial charge on any atom is 0.163 e. The topological polar surface area (TPSA) is 86.5 Å². The van der Waals surface area contributed by atoms with Crippen molar-refractivity contribution in [1.82, 2.24) is 15.0 Å². The molecule has 0 radical (unpaired) electrons. The van der Waals surface area contributed by atoms with Crippen molar-refractivity contribution in [2.24, 2.45) is 0 Å². The van der Waals surface area contributed by atoms with Crippen LogP contribution < -0.4 is 9.47 Å². The molecule has 0 fully saturated rings. The van der Waals surface area contributed by atoms with Crippen molar-refractivity contribution < 1.29 is 19.4 Å². The van der Waals surface area contributed by atoms with Crippen LogP contribution in [-0.2, 0) is 6.42 Å². The molecule has 7 heteroatoms. The van der Waals surface area contributed by atoms with Gasteiger partial charge in [-0.3, -0.25) is 4.79 Å². The van der Waals surface area contributed by atoms with Crippen molar-refractivity contribution in [3.8, 4) is 17.2 Å². The van der Waals surface area contributed by atoms with E-state index in [2.05, 4.69) is 10.2 Å². The molecule has 0 saturated carbocycles. The zero-order valence-corrected chi connectivity index (χ0v) is 17.2. The molecular weight excluding hydrogens is 394 g/mol. The standard InChI is InChI=1S/C24H23N3O4/c1-17(29)19-6-2-5-9-23(19)30-14-15-31-24-11-10-18(12-13-28)16-22(24)27-25-20-7-3-4-8-21(20)26-27/h2-11,16,28H,12-15H2,1H3. The highest BCUT2D eigenvalue weighted by atomic mass is 16.5. The van der Waals surface area contributed by atoms with Crippen LogP contribution in [0.15, 0.2) is 66.7 Å². The van der Waals surface area contributed by atoms with E-state index in [0.29, 0.717) is 29.2 Å². The Morgan fingerprint density at radius 3 is 2.23 bits per heavy atom. The Balaban J connectivity index is 1.52. The van der Waals surface area contributed by atoms with Crippen LogP contribution in [0.1, 0.15) is 22.8 Å². The van der Waals surface area contributed by atoms with E-state index in [1.165, 1.54) is 6.92 Å². The number of aliphatic hydroxyl groups excluding tert-OH is 1. The molecule has 0 aliphatic rings. The number of carbonyl (C=O) groups excluding carboxylic acids is 1. The van der Waals surface area contributed by atoms with Crippen LogP contribution in [0.4, 0.5) is 0 Å². The van der Waals surface area contributed by atoms with Crippen LogP contribution >= 0.6 is 0 Å². The number of aliphatic hydroxyl groups is 1. The molecule has 7 nitrogen and oxygen atoms in total. The summed E-state index contributed by atoms with van der Waals surface area (Å²) in [6, 6.07) is 20.4. The van der Waals surface area contributed by atoms with E-state index in [4.69, 9.17) is 9.47 Å². The molecule has 0 aliphatic heterocycles. The minimum absolute atomic E-state index is 0.0462. The van der Waals surface area contributed by atoms with Gasteiger partial charge in [0.25, 0.3) is 0 Å². The van der Waals surface area contributed by atoms with Gasteiger partial charge in [0.1, 0.15) is 41.4 Å². The summed E-state index contributed by atoms with van der Waals surface area (Å²) in [6.45, 7) is 2.12. The molecule has 1 aromatic heterocycles. The lowest BCUT2D eigenvalue weighted by atomic mass is 10.1. The van der Waals surface area contributed by atoms with Gasteiger partial charge in [0, 0.05) is 6.61 Å². The summed E-state index contributed by atoms with van der Waals surface area (Å²) < 4.78 is 11.7. The Morgan fingerprint density at radius 2 is 1.55 bits per heavy atom. The lowest BCUT2D eigenvalue weighted by molar-refractivity contribution is 0.101. The summed E-state index contributed by atoms with van der Waals surface area (Å²) in [5.41, 5.74) is 3.75. The van der Waals surface area contributed by atoms with Gasteiger partial charge in [0.2, 0.25) is 0 Å². The predicted octanol–water partition coefficient (Wildman–Crippen LogP) is 3.62. The molecule has 158 valence electrons. The van der Waals surface area contributed by atoms with Crippen LogP contribution in [0.2, 0.25) is 0 Å². The first kappa shape index (κ1) is 20.6. The van der Waals surface area contributed by atoms with Crippen LogP contribution in [0.3, 0.4) is 0 Å². The van der Waals surface area contributed by atoms with Crippen LogP contribution in [0.5, 0.6) is 11.5 Å². The molecule has 0 unspecified atom stereocenters. The summed E-state index contributed by atoms with van der Waals surface area (Å²) in [6.07, 6.45) is 0.527. The number of rotatable bonds is 9. The molecule has 0 spiro atoms. The van der Waals surface area contributed by atoms with Crippen molar-refractivity contribution in [2.75, 3.05) is 19.8 Å². The molecule has 1 heterocycles. The first-order valence-corrected chi connectivity index (χ1v) is 10.1. The Kier molecular flexibility index (Phi) is 6.24. The van der Waals surface area contributed by atoms with E-state index in [1.807, 2.05) is 48.5 Å². The van der Waals surface area contributed by atoms with Gasteiger partial charge in [-0.25, -0.2) is 0 Å². The lowest BCUT2D eigenvalue weighted by Gasteiger charge is -2.14. The zero-order valence-electron chi connectivity index (χ0n) is 17.2. The molecule has 0 aliphatic carbocycles. The maximum atomic E-state index is 11.7. The van der Waals surface area contributed by atoms with Crippen LogP contribution in [0, 0.1) is 0 Å². The van der Waals surface area contributed by atoms with E-state index in [1.54, 1.807) is 23.0 Å². The number of hydrogen-bond donors (Lipinski definition) is 1. The molecule has 4 rings (SSSR count). The molecular formula is C24H23N3O4. The largest absolute Gasteiger partial charge is 0.489 e. The predicted molar refractivity (Wildman–Crippen MR) is 117 cm³/mol. The van der Waals surface area contributed by atoms with Crippen LogP contribution in [-0.4, -0.2) is 45.7 Å². The molecule has 31 heavy (non-hydrogen) atoms. The van der Waals surface area contributed by atoms with Gasteiger partial charge < -0.3 is 14.6 Å². The number of hydrogen-bond acceptors (Lipinski definition) is 6. The Morgan fingerprint density at radius 1 is 0.903 bits per heavy atom. The molecule has 0 saturated heterocycles. The molecule has 3 aromatic carbocycles. The van der Waals surface area contributed by atoms with Crippen LogP contribution in [0.25, 0.3) is 16.7 Å². The summed E-state index contributed by atoms with van der Waals surface area (Å²) in [5.74, 6) is 1.10. The van der Waals surface area contributed by atoms with Gasteiger partial charge in [0.05, 0.1) is 5.56 Å². The first-order chi connectivity index (χ1) is 15.2. The van der Waals surface area contributed by atoms with Gasteiger partial charge in [-0.05, 0) is 55.3 Å². The van der Waals surface area contributed by atoms with Gasteiger partial charge in [0.15, 0.2) is 5.78 Å². The molecule has 0 atom stereocenters. The number of nitrogens with zero attached hydrogens (tertiary/aromatic N) is 3. The third-order valence-corrected chi connectivity index (χ3v) is 4.79. The van der Waals surface area contributed by atoms with E-state index in [9.17, 15) is 9.90 Å². The number of para-hydroxylation sites is 1. The number of fused-ring (bicyclic) bond motifs is 1. The van der Waals surface area contributed by atoms with E-state index < -0.39 is 0 Å². The third-order valence-electron chi connectivity index (χ3n) is 4.79. The Labute approximate surface area is 179 Å². The first-order valence-electron chi connectivity index (χ1n) is 10.1. The number of ketones is 1. The number of ether oxygens (including phenoxy) is 2. The van der Waals surface area contributed by atoms with E-state index in [-0.39, 0.29) is 25.6 Å². The summed E-state index contributed by atoms with van der Waals surface area (Å²) in [5, 5.41) is 18.4. The van der Waals surface area contributed by atoms with Gasteiger partial charge >= 0.3 is 0 Å². The number of carbonyl (C=O) groups is 1. The lowest BCUT2D eigenvalue weighted by Crippen LogP contribution is -2.12. The SMILES string of the molecule is CC(=O)c1ccccc1OCCOc1ccc(CCO)cc1-n1nc2ccccc2n1. The second-order valence-electron chi connectivity index (χ2n) is 7.00. The summed E-state index contributed by atoms with van der Waals surface area (Å²) in [4.78, 5) is 13.3. The van der Waals surface area contributed by atoms with Gasteiger partial charge in [-0.1, -0.05) is 30.3 Å². The number of benzene rings is 3. The highest BCUT2D eigenvalue weighted by molar-refractivity contribution is 5.96. The second-order valence-corrected chi connectivity index (χ2v) is 7.00. The molecule has 1 N–H and O–H groups in total. The minimum atomic E-state index is -0.0462. The highest BCUT2D eigenvalue weighted by Gasteiger charge is 2.12. The zero-order chi connectivity index (χ0) is 21.6. The minimum Gasteiger partial charge on any atom is -0.489 e. The molecule has 0 amide bonds. The summed E-state index contributed by atoms with van der Waals surface area (Å²) >= 11 is 0. The Bertz CT molecular complexity index is 1170. The van der Waals surface area contributed by atoms with E-state index >= 15 is 0 Å². The number of aromatic nitrogens is 3. The average molecular weight is 417 g/mol. The van der Waals surface area contributed by atoms with Crippen molar-refractivity contribution in [3.05, 3.63) is 77.9 Å². The maximum absolute atomic E-state index is 11.7. The van der Waals surface area contributed by atoms with Gasteiger partial charge in [-0.15, -0.1) is 15.0 Å². The monoisotopic (exact) mass is 417 g/mol. The smallest absolute Gasteiger partial charge is 0.163 e. The summed E-state index contributed by atoms with van der Waals surface area (Å²) in [7, 11) is 0. The van der Waals surface area contributed by atoms with Crippen molar-refractivity contribution >= 4 is 16.8 Å². The van der Waals surface area contributed by atoms with Crippen molar-refractivity contribution in [1.29, 1.82) is 0 Å².